The van der Waals surface area contributed by atoms with Crippen molar-refractivity contribution in [2.24, 2.45) is 0 Å². The van der Waals surface area contributed by atoms with Crippen LogP contribution in [0.1, 0.15) is 53.9 Å². The number of ether oxygens (including phenoxy) is 1. The van der Waals surface area contributed by atoms with Gasteiger partial charge in [0.05, 0.1) is 7.11 Å². The van der Waals surface area contributed by atoms with Crippen LogP contribution in [0.3, 0.4) is 0 Å². The van der Waals surface area contributed by atoms with Gasteiger partial charge in [0.25, 0.3) is 5.91 Å². The van der Waals surface area contributed by atoms with E-state index in [-0.39, 0.29) is 11.8 Å². The lowest BCUT2D eigenvalue weighted by Gasteiger charge is -2.32. The SMILES string of the molecule is COc1ccc2[nH]cc(C3CCN(C(=O)c4ccc(N5CCCCC5=O)cc4)CC3)c2c1. The molecule has 0 radical (unpaired) electrons. The van der Waals surface area contributed by atoms with Crippen LogP contribution in [0.15, 0.2) is 48.7 Å². The summed E-state index contributed by atoms with van der Waals surface area (Å²) in [6.07, 6.45) is 6.59. The molecular weight excluding hydrogens is 402 g/mol. The standard InChI is InChI=1S/C26H29N3O3/c1-32-21-9-10-24-22(16-21)23(17-27-24)18-11-14-28(15-12-18)26(31)19-5-7-20(8-6-19)29-13-3-2-4-25(29)30/h5-10,16-18,27H,2-4,11-15H2,1H3. The minimum atomic E-state index is 0.0700. The highest BCUT2D eigenvalue weighted by atomic mass is 16.5. The maximum Gasteiger partial charge on any atom is 0.253 e. The van der Waals surface area contributed by atoms with Crippen molar-refractivity contribution in [1.29, 1.82) is 0 Å². The molecule has 0 unspecified atom stereocenters. The normalized spacial score (nSPS) is 17.7. The van der Waals surface area contributed by atoms with Crippen LogP contribution in [-0.4, -0.2) is 48.4 Å². The summed E-state index contributed by atoms with van der Waals surface area (Å²) < 4.78 is 5.40. The number of carbonyl (C=O) groups excluding carboxylic acids is 2. The maximum absolute atomic E-state index is 13.1. The van der Waals surface area contributed by atoms with E-state index in [9.17, 15) is 9.59 Å². The van der Waals surface area contributed by atoms with Crippen molar-refractivity contribution >= 4 is 28.4 Å². The van der Waals surface area contributed by atoms with Gasteiger partial charge in [-0.05, 0) is 79.6 Å². The minimum absolute atomic E-state index is 0.0700. The van der Waals surface area contributed by atoms with Crippen LogP contribution in [0.2, 0.25) is 0 Å². The fourth-order valence-corrected chi connectivity index (χ4v) is 5.03. The number of nitrogens with one attached hydrogen (secondary N) is 1. The van der Waals surface area contributed by atoms with Gasteiger partial charge in [0, 0.05) is 54.4 Å². The van der Waals surface area contributed by atoms with Crippen molar-refractivity contribution in [3.05, 3.63) is 59.8 Å². The average molecular weight is 432 g/mol. The first-order chi connectivity index (χ1) is 15.6. The number of aromatic nitrogens is 1. The molecule has 3 aromatic rings. The monoisotopic (exact) mass is 431 g/mol. The third-order valence-electron chi connectivity index (χ3n) is 6.89. The van der Waals surface area contributed by atoms with Gasteiger partial charge >= 0.3 is 0 Å². The number of methoxy groups -OCH3 is 1. The predicted molar refractivity (Wildman–Crippen MR) is 125 cm³/mol. The van der Waals surface area contributed by atoms with E-state index in [0.717, 1.165) is 62.3 Å². The molecule has 0 saturated carbocycles. The molecule has 2 fully saturated rings. The maximum atomic E-state index is 13.1. The van der Waals surface area contributed by atoms with Crippen LogP contribution in [0.5, 0.6) is 5.75 Å². The summed E-state index contributed by atoms with van der Waals surface area (Å²) in [7, 11) is 1.69. The molecule has 0 bridgehead atoms. The number of likely N-dealkylation sites (tertiary alicyclic amines) is 1. The van der Waals surface area contributed by atoms with E-state index >= 15 is 0 Å². The Morgan fingerprint density at radius 2 is 1.81 bits per heavy atom. The van der Waals surface area contributed by atoms with Crippen molar-refractivity contribution in [3.8, 4) is 5.75 Å². The number of amides is 2. The Labute approximate surface area is 188 Å². The molecule has 0 aliphatic carbocycles. The van der Waals surface area contributed by atoms with Gasteiger partial charge in [0.2, 0.25) is 5.91 Å². The van der Waals surface area contributed by atoms with Gasteiger partial charge in [-0.25, -0.2) is 0 Å². The van der Waals surface area contributed by atoms with Gasteiger partial charge in [0.15, 0.2) is 0 Å². The van der Waals surface area contributed by atoms with E-state index in [1.54, 1.807) is 7.11 Å². The number of rotatable bonds is 4. The van der Waals surface area contributed by atoms with Gasteiger partial charge in [-0.15, -0.1) is 0 Å². The van der Waals surface area contributed by atoms with E-state index in [0.29, 0.717) is 17.9 Å². The summed E-state index contributed by atoms with van der Waals surface area (Å²) in [6, 6.07) is 13.6. The molecular formula is C26H29N3O3. The highest BCUT2D eigenvalue weighted by Gasteiger charge is 2.27. The van der Waals surface area contributed by atoms with Crippen LogP contribution < -0.4 is 9.64 Å². The Hall–Kier alpha value is -3.28. The number of piperidine rings is 2. The van der Waals surface area contributed by atoms with E-state index in [2.05, 4.69) is 23.3 Å². The van der Waals surface area contributed by atoms with E-state index in [1.165, 1.54) is 10.9 Å². The Bertz CT molecular complexity index is 1130. The predicted octanol–water partition coefficient (Wildman–Crippen LogP) is 4.71. The Kier molecular flexibility index (Phi) is 5.60. The molecule has 166 valence electrons. The minimum Gasteiger partial charge on any atom is -0.497 e. The number of hydrogen-bond donors (Lipinski definition) is 1. The second-order valence-electron chi connectivity index (χ2n) is 8.77. The third kappa shape index (κ3) is 3.85. The van der Waals surface area contributed by atoms with Crippen LogP contribution in [0.4, 0.5) is 5.69 Å². The topological polar surface area (TPSA) is 65.6 Å². The molecule has 2 amide bonds. The molecule has 0 spiro atoms. The fourth-order valence-electron chi connectivity index (χ4n) is 5.03. The number of fused-ring (bicyclic) bond motifs is 1. The zero-order valence-corrected chi connectivity index (χ0v) is 18.5. The van der Waals surface area contributed by atoms with Gasteiger partial charge in [0.1, 0.15) is 5.75 Å². The number of nitrogens with zero attached hydrogens (tertiary/aromatic N) is 2. The molecule has 6 nitrogen and oxygen atoms in total. The quantitative estimate of drug-likeness (QED) is 0.650. The largest absolute Gasteiger partial charge is 0.497 e. The first kappa shape index (κ1) is 20.6. The molecule has 5 rings (SSSR count). The Balaban J connectivity index is 1.24. The summed E-state index contributed by atoms with van der Waals surface area (Å²) in [6.45, 7) is 2.25. The van der Waals surface area contributed by atoms with E-state index in [4.69, 9.17) is 4.74 Å². The third-order valence-corrected chi connectivity index (χ3v) is 6.89. The molecule has 1 aromatic heterocycles. The molecule has 0 atom stereocenters. The zero-order chi connectivity index (χ0) is 22.1. The van der Waals surface area contributed by atoms with Crippen LogP contribution in [0, 0.1) is 0 Å². The van der Waals surface area contributed by atoms with Gasteiger partial charge in [-0.2, -0.15) is 0 Å². The molecule has 2 saturated heterocycles. The fraction of sp³-hybridized carbons (Fsp3) is 0.385. The summed E-state index contributed by atoms with van der Waals surface area (Å²) in [4.78, 5) is 32.4. The van der Waals surface area contributed by atoms with Crippen molar-refractivity contribution in [2.45, 2.75) is 38.0 Å². The molecule has 1 N–H and O–H groups in total. The highest BCUT2D eigenvalue weighted by molar-refractivity contribution is 5.97. The summed E-state index contributed by atoms with van der Waals surface area (Å²) in [5, 5.41) is 1.21. The number of anilines is 1. The van der Waals surface area contributed by atoms with Crippen molar-refractivity contribution in [1.82, 2.24) is 9.88 Å². The number of aromatic amines is 1. The highest BCUT2D eigenvalue weighted by Crippen LogP contribution is 2.35. The number of carbonyl (C=O) groups is 2. The van der Waals surface area contributed by atoms with Gasteiger partial charge in [-0.3, -0.25) is 9.59 Å². The Morgan fingerprint density at radius 3 is 2.53 bits per heavy atom. The van der Waals surface area contributed by atoms with Crippen LogP contribution >= 0.6 is 0 Å². The molecule has 6 heteroatoms. The summed E-state index contributed by atoms with van der Waals surface area (Å²) in [5.74, 6) is 1.53. The second kappa shape index (κ2) is 8.69. The van der Waals surface area contributed by atoms with Crippen molar-refractivity contribution in [3.63, 3.8) is 0 Å². The lowest BCUT2D eigenvalue weighted by atomic mass is 9.89. The van der Waals surface area contributed by atoms with Crippen LogP contribution in [-0.2, 0) is 4.79 Å². The van der Waals surface area contributed by atoms with Gasteiger partial charge in [-0.1, -0.05) is 0 Å². The molecule has 32 heavy (non-hydrogen) atoms. The van der Waals surface area contributed by atoms with E-state index < -0.39 is 0 Å². The van der Waals surface area contributed by atoms with Gasteiger partial charge < -0.3 is 19.5 Å². The average Bonchev–Trinajstić information content (AvgIpc) is 3.27. The zero-order valence-electron chi connectivity index (χ0n) is 18.5. The Morgan fingerprint density at radius 1 is 1.03 bits per heavy atom. The lowest BCUT2D eigenvalue weighted by molar-refractivity contribution is -0.119. The molecule has 2 aliphatic rings. The molecule has 2 aromatic carbocycles. The van der Waals surface area contributed by atoms with Crippen molar-refractivity contribution in [2.75, 3.05) is 31.6 Å². The number of H-pyrrole nitrogens is 1. The summed E-state index contributed by atoms with van der Waals surface area (Å²) >= 11 is 0. The summed E-state index contributed by atoms with van der Waals surface area (Å²) in [5.41, 5.74) is 4.00. The number of hydrogen-bond acceptors (Lipinski definition) is 3. The lowest BCUT2D eigenvalue weighted by Crippen LogP contribution is -2.38. The first-order valence-corrected chi connectivity index (χ1v) is 11.5. The number of benzene rings is 2. The first-order valence-electron chi connectivity index (χ1n) is 11.5. The van der Waals surface area contributed by atoms with E-state index in [1.807, 2.05) is 40.1 Å². The smallest absolute Gasteiger partial charge is 0.253 e. The molecule has 3 heterocycles. The van der Waals surface area contributed by atoms with Crippen molar-refractivity contribution < 1.29 is 14.3 Å². The molecule has 2 aliphatic heterocycles. The second-order valence-corrected chi connectivity index (χ2v) is 8.77. The van der Waals surface area contributed by atoms with Crippen LogP contribution in [0.25, 0.3) is 10.9 Å².